The van der Waals surface area contributed by atoms with Gasteiger partial charge in [-0.25, -0.2) is 0 Å². The van der Waals surface area contributed by atoms with Crippen molar-refractivity contribution in [2.45, 2.75) is 25.9 Å². The Morgan fingerprint density at radius 3 is 2.73 bits per heavy atom. The Balaban J connectivity index is 3.58. The van der Waals surface area contributed by atoms with Crippen molar-refractivity contribution in [2.75, 3.05) is 0 Å². The summed E-state index contributed by atoms with van der Waals surface area (Å²) >= 11 is 0. The quantitative estimate of drug-likeness (QED) is 0.370. The van der Waals surface area contributed by atoms with Gasteiger partial charge < -0.3 is 5.11 Å². The van der Waals surface area contributed by atoms with E-state index >= 15 is 0 Å². The number of aldehydes is 1. The Morgan fingerprint density at radius 1 is 1.45 bits per heavy atom. The first-order valence-corrected chi connectivity index (χ1v) is 3.78. The molecule has 0 saturated heterocycles. The summed E-state index contributed by atoms with van der Waals surface area (Å²) in [6.45, 7) is 2.07. The van der Waals surface area contributed by atoms with Gasteiger partial charge in [-0.05, 0) is 18.6 Å². The molecule has 11 heavy (non-hydrogen) atoms. The van der Waals surface area contributed by atoms with Crippen molar-refractivity contribution in [1.29, 1.82) is 0 Å². The zero-order valence-corrected chi connectivity index (χ0v) is 6.73. The standard InChI is InChI=1S/C9H14O2/c1-2-3-4-6-9(11)7-5-8-10/h4-9,11H,2-3H2,1H3/b6-4+,7-5+. The van der Waals surface area contributed by atoms with Gasteiger partial charge in [0.05, 0.1) is 6.10 Å². The van der Waals surface area contributed by atoms with Crippen molar-refractivity contribution < 1.29 is 9.90 Å². The van der Waals surface area contributed by atoms with Crippen molar-refractivity contribution in [3.63, 3.8) is 0 Å². The number of hydrogen-bond donors (Lipinski definition) is 1. The first kappa shape index (κ1) is 10.1. The lowest BCUT2D eigenvalue weighted by Crippen LogP contribution is -1.95. The van der Waals surface area contributed by atoms with Crippen LogP contribution in [0.25, 0.3) is 0 Å². The summed E-state index contributed by atoms with van der Waals surface area (Å²) < 4.78 is 0. The summed E-state index contributed by atoms with van der Waals surface area (Å²) in [5.41, 5.74) is 0. The van der Waals surface area contributed by atoms with Crippen LogP contribution in [-0.4, -0.2) is 17.5 Å². The summed E-state index contributed by atoms with van der Waals surface area (Å²) in [4.78, 5) is 9.82. The van der Waals surface area contributed by atoms with Gasteiger partial charge >= 0.3 is 0 Å². The molecule has 0 bridgehead atoms. The van der Waals surface area contributed by atoms with Crippen LogP contribution in [0, 0.1) is 0 Å². The molecule has 0 spiro atoms. The third-order valence-corrected chi connectivity index (χ3v) is 1.18. The second-order valence-electron chi connectivity index (χ2n) is 2.23. The molecule has 2 heteroatoms. The van der Waals surface area contributed by atoms with Crippen LogP contribution in [0.5, 0.6) is 0 Å². The summed E-state index contributed by atoms with van der Waals surface area (Å²) in [6.07, 6.45) is 8.37. The average molecular weight is 154 g/mol. The maximum atomic E-state index is 9.82. The van der Waals surface area contributed by atoms with E-state index in [0.29, 0.717) is 6.29 Å². The molecule has 1 unspecified atom stereocenters. The van der Waals surface area contributed by atoms with Crippen molar-refractivity contribution in [3.8, 4) is 0 Å². The minimum absolute atomic E-state index is 0.619. The van der Waals surface area contributed by atoms with Crippen LogP contribution in [0.1, 0.15) is 19.8 Å². The van der Waals surface area contributed by atoms with Crippen LogP contribution >= 0.6 is 0 Å². The van der Waals surface area contributed by atoms with E-state index in [9.17, 15) is 4.79 Å². The summed E-state index contributed by atoms with van der Waals surface area (Å²) in [7, 11) is 0. The molecule has 2 nitrogen and oxygen atoms in total. The highest BCUT2D eigenvalue weighted by Gasteiger charge is 1.88. The van der Waals surface area contributed by atoms with E-state index in [0.717, 1.165) is 12.8 Å². The van der Waals surface area contributed by atoms with Gasteiger partial charge in [-0.15, -0.1) is 0 Å². The largest absolute Gasteiger partial charge is 0.385 e. The Kier molecular flexibility index (Phi) is 6.64. The number of rotatable bonds is 5. The Labute approximate surface area is 67.2 Å². The van der Waals surface area contributed by atoms with E-state index in [-0.39, 0.29) is 0 Å². The van der Waals surface area contributed by atoms with Crippen molar-refractivity contribution >= 4 is 6.29 Å². The lowest BCUT2D eigenvalue weighted by atomic mass is 10.2. The van der Waals surface area contributed by atoms with Crippen molar-refractivity contribution in [2.24, 2.45) is 0 Å². The van der Waals surface area contributed by atoms with Crippen LogP contribution in [0.3, 0.4) is 0 Å². The molecule has 0 aliphatic heterocycles. The summed E-state index contributed by atoms with van der Waals surface area (Å²) in [6, 6.07) is 0. The lowest BCUT2D eigenvalue weighted by Gasteiger charge is -1.94. The molecule has 0 aromatic rings. The molecule has 0 heterocycles. The van der Waals surface area contributed by atoms with Gasteiger partial charge in [-0.3, -0.25) is 4.79 Å². The van der Waals surface area contributed by atoms with Gasteiger partial charge in [0.15, 0.2) is 0 Å². The third kappa shape index (κ3) is 7.00. The van der Waals surface area contributed by atoms with Crippen LogP contribution in [-0.2, 0) is 4.79 Å². The molecule has 0 radical (unpaired) electrons. The molecule has 0 fully saturated rings. The highest BCUT2D eigenvalue weighted by atomic mass is 16.3. The van der Waals surface area contributed by atoms with Crippen molar-refractivity contribution in [3.05, 3.63) is 24.3 Å². The summed E-state index contributed by atoms with van der Waals surface area (Å²) in [5.74, 6) is 0. The molecular formula is C9H14O2. The third-order valence-electron chi connectivity index (χ3n) is 1.18. The van der Waals surface area contributed by atoms with Gasteiger partial charge in [0, 0.05) is 0 Å². The van der Waals surface area contributed by atoms with Gasteiger partial charge in [-0.1, -0.05) is 25.5 Å². The fraction of sp³-hybridized carbons (Fsp3) is 0.444. The second kappa shape index (κ2) is 7.22. The highest BCUT2D eigenvalue weighted by Crippen LogP contribution is 1.93. The molecule has 0 amide bonds. The van der Waals surface area contributed by atoms with Crippen LogP contribution < -0.4 is 0 Å². The van der Waals surface area contributed by atoms with E-state index in [1.54, 1.807) is 6.08 Å². The Morgan fingerprint density at radius 2 is 2.18 bits per heavy atom. The lowest BCUT2D eigenvalue weighted by molar-refractivity contribution is -0.104. The second-order valence-corrected chi connectivity index (χ2v) is 2.23. The minimum atomic E-state index is -0.619. The SMILES string of the molecule is CCC/C=C/C(O)/C=C/C=O. The smallest absolute Gasteiger partial charge is 0.142 e. The molecule has 0 aliphatic carbocycles. The molecular weight excluding hydrogens is 140 g/mol. The highest BCUT2D eigenvalue weighted by molar-refractivity contribution is 5.64. The van der Waals surface area contributed by atoms with Gasteiger partial charge in [0.1, 0.15) is 6.29 Å². The van der Waals surface area contributed by atoms with E-state index < -0.39 is 6.10 Å². The fourth-order valence-electron chi connectivity index (χ4n) is 0.626. The molecule has 1 atom stereocenters. The molecule has 0 aromatic heterocycles. The van der Waals surface area contributed by atoms with Crippen LogP contribution in [0.15, 0.2) is 24.3 Å². The zero-order chi connectivity index (χ0) is 8.53. The first-order chi connectivity index (χ1) is 5.31. The van der Waals surface area contributed by atoms with Gasteiger partial charge in [0.2, 0.25) is 0 Å². The van der Waals surface area contributed by atoms with Crippen molar-refractivity contribution in [1.82, 2.24) is 0 Å². The maximum absolute atomic E-state index is 9.82. The number of unbranched alkanes of at least 4 members (excludes halogenated alkanes) is 1. The summed E-state index contributed by atoms with van der Waals surface area (Å²) in [5, 5.41) is 9.07. The average Bonchev–Trinajstić information content (AvgIpc) is 2.01. The van der Waals surface area contributed by atoms with E-state index in [2.05, 4.69) is 6.92 Å². The first-order valence-electron chi connectivity index (χ1n) is 3.78. The van der Waals surface area contributed by atoms with Crippen LogP contribution in [0.4, 0.5) is 0 Å². The van der Waals surface area contributed by atoms with E-state index in [4.69, 9.17) is 5.11 Å². The molecule has 62 valence electrons. The zero-order valence-electron chi connectivity index (χ0n) is 6.73. The topological polar surface area (TPSA) is 37.3 Å². The molecule has 0 aliphatic rings. The number of aliphatic hydroxyl groups is 1. The predicted molar refractivity (Wildman–Crippen MR) is 45.3 cm³/mol. The number of hydrogen-bond acceptors (Lipinski definition) is 2. The minimum Gasteiger partial charge on any atom is -0.385 e. The number of carbonyl (C=O) groups excluding carboxylic acids is 1. The van der Waals surface area contributed by atoms with Gasteiger partial charge in [-0.2, -0.15) is 0 Å². The van der Waals surface area contributed by atoms with Crippen LogP contribution in [0.2, 0.25) is 0 Å². The monoisotopic (exact) mass is 154 g/mol. The molecule has 0 saturated carbocycles. The van der Waals surface area contributed by atoms with E-state index in [1.807, 2.05) is 6.08 Å². The van der Waals surface area contributed by atoms with Gasteiger partial charge in [0.25, 0.3) is 0 Å². The molecule has 0 rings (SSSR count). The number of carbonyl (C=O) groups is 1. The molecule has 0 aromatic carbocycles. The van der Waals surface area contributed by atoms with E-state index in [1.165, 1.54) is 12.2 Å². The predicted octanol–water partition coefficient (Wildman–Crippen LogP) is 1.46. The normalized spacial score (nSPS) is 14.4. The Hall–Kier alpha value is -0.890. The fourth-order valence-corrected chi connectivity index (χ4v) is 0.626. The number of aliphatic hydroxyl groups excluding tert-OH is 1. The Bertz CT molecular complexity index is 148. The maximum Gasteiger partial charge on any atom is 0.142 e. The molecule has 1 N–H and O–H groups in total. The number of allylic oxidation sites excluding steroid dienone is 2.